The Labute approximate surface area is 133 Å². The van der Waals surface area contributed by atoms with Crippen LogP contribution in [0, 0.1) is 0 Å². The number of nitrogens with one attached hydrogen (secondary N) is 1. The third-order valence-electron chi connectivity index (χ3n) is 3.64. The van der Waals surface area contributed by atoms with Crippen molar-refractivity contribution >= 4 is 23.2 Å². The van der Waals surface area contributed by atoms with Crippen molar-refractivity contribution in [1.82, 2.24) is 20.2 Å². The van der Waals surface area contributed by atoms with Crippen molar-refractivity contribution < 1.29 is 4.74 Å². The molecule has 0 aliphatic carbocycles. The molecule has 1 aliphatic heterocycles. The molecule has 2 aromatic heterocycles. The molecule has 1 N–H and O–H groups in total. The van der Waals surface area contributed by atoms with E-state index >= 15 is 0 Å². The minimum Gasteiger partial charge on any atom is -0.481 e. The van der Waals surface area contributed by atoms with Crippen LogP contribution in [-0.4, -0.2) is 46.4 Å². The fourth-order valence-electron chi connectivity index (χ4n) is 2.47. The highest BCUT2D eigenvalue weighted by Gasteiger charge is 2.20. The number of ether oxygens (including phenoxy) is 1. The third kappa shape index (κ3) is 3.54. The monoisotopic (exact) mass is 320 g/mol. The SMILES string of the molecule is COc1cc(NC2CCN(c3ccc(Cl)nn3)CC2)ncn1. The average molecular weight is 321 g/mol. The van der Waals surface area contributed by atoms with Gasteiger partial charge in [-0.05, 0) is 25.0 Å². The standard InChI is InChI=1S/C14H17ClN6O/c1-22-14-8-12(16-9-17-14)18-10-4-6-21(7-5-10)13-3-2-11(15)19-20-13/h2-3,8-10H,4-7H2,1H3,(H,16,17,18). The smallest absolute Gasteiger partial charge is 0.218 e. The minimum atomic E-state index is 0.371. The number of hydrogen-bond donors (Lipinski definition) is 1. The zero-order chi connectivity index (χ0) is 15.4. The lowest BCUT2D eigenvalue weighted by Crippen LogP contribution is -2.39. The molecule has 0 bridgehead atoms. The van der Waals surface area contributed by atoms with E-state index < -0.39 is 0 Å². The van der Waals surface area contributed by atoms with Gasteiger partial charge < -0.3 is 15.0 Å². The number of methoxy groups -OCH3 is 1. The molecule has 3 rings (SSSR count). The molecule has 0 saturated carbocycles. The zero-order valence-corrected chi connectivity index (χ0v) is 13.0. The lowest BCUT2D eigenvalue weighted by molar-refractivity contribution is 0.397. The predicted molar refractivity (Wildman–Crippen MR) is 84.5 cm³/mol. The number of aromatic nitrogens is 4. The van der Waals surface area contributed by atoms with Crippen molar-refractivity contribution in [2.24, 2.45) is 0 Å². The van der Waals surface area contributed by atoms with Gasteiger partial charge in [-0.25, -0.2) is 9.97 Å². The van der Waals surface area contributed by atoms with Gasteiger partial charge >= 0.3 is 0 Å². The molecule has 0 spiro atoms. The summed E-state index contributed by atoms with van der Waals surface area (Å²) in [6.07, 6.45) is 3.49. The Morgan fingerprint density at radius 2 is 2.05 bits per heavy atom. The molecular formula is C14H17ClN6O. The molecule has 0 radical (unpaired) electrons. The normalized spacial score (nSPS) is 15.6. The highest BCUT2D eigenvalue weighted by molar-refractivity contribution is 6.29. The van der Waals surface area contributed by atoms with Crippen molar-refractivity contribution in [2.45, 2.75) is 18.9 Å². The van der Waals surface area contributed by atoms with E-state index in [1.165, 1.54) is 6.33 Å². The Bertz CT molecular complexity index is 615. The lowest BCUT2D eigenvalue weighted by Gasteiger charge is -2.33. The summed E-state index contributed by atoms with van der Waals surface area (Å²) in [7, 11) is 1.59. The molecule has 0 aromatic carbocycles. The first-order valence-electron chi connectivity index (χ1n) is 7.11. The molecule has 1 saturated heterocycles. The van der Waals surface area contributed by atoms with E-state index in [1.54, 1.807) is 19.2 Å². The molecule has 1 aliphatic rings. The second-order valence-electron chi connectivity index (χ2n) is 5.07. The number of anilines is 2. The van der Waals surface area contributed by atoms with Crippen molar-refractivity contribution in [3.8, 4) is 5.88 Å². The molecule has 22 heavy (non-hydrogen) atoms. The van der Waals surface area contributed by atoms with Gasteiger partial charge in [0, 0.05) is 25.2 Å². The largest absolute Gasteiger partial charge is 0.481 e. The molecule has 0 amide bonds. The van der Waals surface area contributed by atoms with Crippen molar-refractivity contribution in [3.05, 3.63) is 29.7 Å². The molecular weight excluding hydrogens is 304 g/mol. The Hall–Kier alpha value is -2.15. The molecule has 0 atom stereocenters. The zero-order valence-electron chi connectivity index (χ0n) is 12.2. The Balaban J connectivity index is 1.56. The molecule has 116 valence electrons. The summed E-state index contributed by atoms with van der Waals surface area (Å²) in [6.45, 7) is 1.83. The second kappa shape index (κ2) is 6.74. The average Bonchev–Trinajstić information content (AvgIpc) is 2.57. The highest BCUT2D eigenvalue weighted by atomic mass is 35.5. The quantitative estimate of drug-likeness (QED) is 0.923. The van der Waals surface area contributed by atoms with Crippen LogP contribution in [0.2, 0.25) is 5.15 Å². The lowest BCUT2D eigenvalue weighted by atomic mass is 10.1. The van der Waals surface area contributed by atoms with Crippen molar-refractivity contribution in [3.63, 3.8) is 0 Å². The summed E-state index contributed by atoms with van der Waals surface area (Å²) in [5.74, 6) is 2.22. The first-order chi connectivity index (χ1) is 10.7. The van der Waals surface area contributed by atoms with Crippen LogP contribution >= 0.6 is 11.6 Å². The van der Waals surface area contributed by atoms with Gasteiger partial charge in [0.1, 0.15) is 12.1 Å². The number of hydrogen-bond acceptors (Lipinski definition) is 7. The summed E-state index contributed by atoms with van der Waals surface area (Å²) < 4.78 is 5.10. The summed E-state index contributed by atoms with van der Waals surface area (Å²) in [5, 5.41) is 11.8. The van der Waals surface area contributed by atoms with E-state index in [-0.39, 0.29) is 0 Å². The van der Waals surface area contributed by atoms with Crippen LogP contribution in [0.25, 0.3) is 0 Å². The number of halogens is 1. The fourth-order valence-corrected chi connectivity index (χ4v) is 2.57. The van der Waals surface area contributed by atoms with Gasteiger partial charge in [0.15, 0.2) is 11.0 Å². The maximum absolute atomic E-state index is 5.76. The number of nitrogens with zero attached hydrogens (tertiary/aromatic N) is 5. The summed E-state index contributed by atoms with van der Waals surface area (Å²) >= 11 is 5.76. The van der Waals surface area contributed by atoms with Gasteiger partial charge in [-0.1, -0.05) is 11.6 Å². The van der Waals surface area contributed by atoms with Gasteiger partial charge in [0.2, 0.25) is 5.88 Å². The van der Waals surface area contributed by atoms with E-state index in [4.69, 9.17) is 16.3 Å². The third-order valence-corrected chi connectivity index (χ3v) is 3.84. The maximum Gasteiger partial charge on any atom is 0.218 e. The molecule has 1 fully saturated rings. The predicted octanol–water partition coefficient (Wildman–Crippen LogP) is 2.01. The van der Waals surface area contributed by atoms with Crippen LogP contribution < -0.4 is 15.0 Å². The fraction of sp³-hybridized carbons (Fsp3) is 0.429. The first-order valence-corrected chi connectivity index (χ1v) is 7.49. The van der Waals surface area contributed by atoms with Crippen LogP contribution in [-0.2, 0) is 0 Å². The number of piperidine rings is 1. The van der Waals surface area contributed by atoms with Gasteiger partial charge in [-0.15, -0.1) is 10.2 Å². The van der Waals surface area contributed by atoms with Gasteiger partial charge in [0.25, 0.3) is 0 Å². The van der Waals surface area contributed by atoms with Gasteiger partial charge in [-0.3, -0.25) is 0 Å². The summed E-state index contributed by atoms with van der Waals surface area (Å²) in [4.78, 5) is 10.4. The Kier molecular flexibility index (Phi) is 4.53. The van der Waals surface area contributed by atoms with E-state index in [0.717, 1.165) is 37.6 Å². The second-order valence-corrected chi connectivity index (χ2v) is 5.45. The maximum atomic E-state index is 5.76. The topological polar surface area (TPSA) is 76.1 Å². The Morgan fingerprint density at radius 1 is 1.23 bits per heavy atom. The molecule has 0 unspecified atom stereocenters. The van der Waals surface area contributed by atoms with Crippen LogP contribution in [0.1, 0.15) is 12.8 Å². The minimum absolute atomic E-state index is 0.371. The van der Waals surface area contributed by atoms with Crippen LogP contribution in [0.4, 0.5) is 11.6 Å². The van der Waals surface area contributed by atoms with E-state index in [0.29, 0.717) is 17.1 Å². The van der Waals surface area contributed by atoms with E-state index in [2.05, 4.69) is 30.4 Å². The van der Waals surface area contributed by atoms with Gasteiger partial charge in [0.05, 0.1) is 7.11 Å². The molecule has 8 heteroatoms. The first kappa shape index (κ1) is 14.8. The summed E-state index contributed by atoms with van der Waals surface area (Å²) in [6, 6.07) is 5.84. The van der Waals surface area contributed by atoms with E-state index in [1.807, 2.05) is 6.07 Å². The van der Waals surface area contributed by atoms with Crippen molar-refractivity contribution in [1.29, 1.82) is 0 Å². The Morgan fingerprint density at radius 3 is 2.73 bits per heavy atom. The van der Waals surface area contributed by atoms with Crippen LogP contribution in [0.5, 0.6) is 5.88 Å². The van der Waals surface area contributed by atoms with Crippen molar-refractivity contribution in [2.75, 3.05) is 30.4 Å². The summed E-state index contributed by atoms with van der Waals surface area (Å²) in [5.41, 5.74) is 0. The number of rotatable bonds is 4. The van der Waals surface area contributed by atoms with E-state index in [9.17, 15) is 0 Å². The van der Waals surface area contributed by atoms with Crippen LogP contribution in [0.3, 0.4) is 0 Å². The highest BCUT2D eigenvalue weighted by Crippen LogP contribution is 2.21. The van der Waals surface area contributed by atoms with Crippen LogP contribution in [0.15, 0.2) is 24.5 Å². The molecule has 3 heterocycles. The molecule has 7 nitrogen and oxygen atoms in total. The molecule has 2 aromatic rings. The van der Waals surface area contributed by atoms with Gasteiger partial charge in [-0.2, -0.15) is 0 Å².